The first-order chi connectivity index (χ1) is 8.76. The van der Waals surface area contributed by atoms with E-state index < -0.39 is 0 Å². The van der Waals surface area contributed by atoms with Crippen LogP contribution in [0.2, 0.25) is 0 Å². The molecule has 0 bridgehead atoms. The lowest BCUT2D eigenvalue weighted by Gasteiger charge is -2.24. The van der Waals surface area contributed by atoms with E-state index in [0.29, 0.717) is 6.04 Å². The predicted octanol–water partition coefficient (Wildman–Crippen LogP) is 3.05. The third-order valence-electron chi connectivity index (χ3n) is 3.58. The van der Waals surface area contributed by atoms with Gasteiger partial charge in [-0.3, -0.25) is 0 Å². The molecule has 2 heteroatoms. The number of nitrogens with one attached hydrogen (secondary N) is 1. The minimum Gasteiger partial charge on any atom is -0.312 e. The summed E-state index contributed by atoms with van der Waals surface area (Å²) in [6.45, 7) is 4.29. The molecule has 0 radical (unpaired) electrons. The lowest BCUT2D eigenvalue weighted by Crippen LogP contribution is -2.31. The van der Waals surface area contributed by atoms with Gasteiger partial charge in [0, 0.05) is 12.6 Å². The maximum atomic E-state index is 3.43. The fourth-order valence-electron chi connectivity index (χ4n) is 2.34. The van der Waals surface area contributed by atoms with Crippen LogP contribution in [0.1, 0.15) is 18.5 Å². The predicted molar refractivity (Wildman–Crippen MR) is 78.9 cm³/mol. The monoisotopic (exact) mass is 242 g/mol. The van der Waals surface area contributed by atoms with Crippen LogP contribution < -0.4 is 5.32 Å². The molecule has 0 aliphatic carbocycles. The van der Waals surface area contributed by atoms with Gasteiger partial charge >= 0.3 is 0 Å². The van der Waals surface area contributed by atoms with Gasteiger partial charge < -0.3 is 10.2 Å². The first-order valence-corrected chi connectivity index (χ1v) is 6.59. The maximum absolute atomic E-state index is 3.43. The van der Waals surface area contributed by atoms with Gasteiger partial charge in [-0.05, 0) is 37.0 Å². The van der Waals surface area contributed by atoms with Crippen molar-refractivity contribution in [1.29, 1.82) is 0 Å². The zero-order chi connectivity index (χ0) is 13.0. The minimum atomic E-state index is 0.376. The third-order valence-corrected chi connectivity index (χ3v) is 3.58. The summed E-state index contributed by atoms with van der Waals surface area (Å²) in [5.74, 6) is 0. The highest BCUT2D eigenvalue weighted by molar-refractivity contribution is 5.86. The normalized spacial score (nSPS) is 13.1. The second-order valence-electron chi connectivity index (χ2n) is 4.76. The van der Waals surface area contributed by atoms with E-state index in [1.165, 1.54) is 16.3 Å². The molecule has 0 saturated carbocycles. The maximum Gasteiger partial charge on any atom is 0.0452 e. The smallest absolute Gasteiger partial charge is 0.0452 e. The van der Waals surface area contributed by atoms with E-state index in [1.54, 1.807) is 0 Å². The van der Waals surface area contributed by atoms with Gasteiger partial charge in [-0.2, -0.15) is 0 Å². The summed E-state index contributed by atoms with van der Waals surface area (Å²) < 4.78 is 0. The minimum absolute atomic E-state index is 0.376. The zero-order valence-electron chi connectivity index (χ0n) is 11.5. The molecule has 0 saturated heterocycles. The van der Waals surface area contributed by atoms with Crippen molar-refractivity contribution in [2.24, 2.45) is 0 Å². The van der Waals surface area contributed by atoms with Crippen LogP contribution in [0, 0.1) is 0 Å². The average Bonchev–Trinajstić information content (AvgIpc) is 2.44. The Labute approximate surface area is 110 Å². The van der Waals surface area contributed by atoms with Crippen LogP contribution >= 0.6 is 0 Å². The van der Waals surface area contributed by atoms with Crippen LogP contribution in [0.25, 0.3) is 10.8 Å². The molecule has 0 heterocycles. The first-order valence-electron chi connectivity index (χ1n) is 6.59. The molecule has 0 amide bonds. The van der Waals surface area contributed by atoms with E-state index in [1.807, 2.05) is 7.05 Å². The van der Waals surface area contributed by atoms with Gasteiger partial charge in [0.2, 0.25) is 0 Å². The van der Waals surface area contributed by atoms with Crippen LogP contribution in [0.4, 0.5) is 0 Å². The highest BCUT2D eigenvalue weighted by atomic mass is 15.1. The standard InChI is InChI=1S/C16H22N2/c1-4-18(3)12-16(17-2)15-11-7-9-13-8-5-6-10-14(13)15/h5-11,16-17H,4,12H2,1-3H3. The number of likely N-dealkylation sites (N-methyl/N-ethyl adjacent to an activating group) is 2. The molecular weight excluding hydrogens is 220 g/mol. The average molecular weight is 242 g/mol. The molecule has 2 rings (SSSR count). The summed E-state index contributed by atoms with van der Waals surface area (Å²) >= 11 is 0. The highest BCUT2D eigenvalue weighted by Gasteiger charge is 2.13. The largest absolute Gasteiger partial charge is 0.312 e. The molecular formula is C16H22N2. The number of hydrogen-bond donors (Lipinski definition) is 1. The Bertz CT molecular complexity index is 502. The van der Waals surface area contributed by atoms with Gasteiger partial charge in [0.1, 0.15) is 0 Å². The number of fused-ring (bicyclic) bond motifs is 1. The molecule has 2 aromatic rings. The quantitative estimate of drug-likeness (QED) is 0.867. The van der Waals surface area contributed by atoms with E-state index >= 15 is 0 Å². The molecule has 0 aromatic heterocycles. The van der Waals surface area contributed by atoms with Crippen LogP contribution in [0.5, 0.6) is 0 Å². The van der Waals surface area contributed by atoms with Crippen molar-refractivity contribution >= 4 is 10.8 Å². The fraction of sp³-hybridized carbons (Fsp3) is 0.375. The van der Waals surface area contributed by atoms with Gasteiger partial charge in [-0.25, -0.2) is 0 Å². The molecule has 1 unspecified atom stereocenters. The summed E-state index contributed by atoms with van der Waals surface area (Å²) in [4.78, 5) is 2.34. The Morgan fingerprint density at radius 1 is 1.11 bits per heavy atom. The van der Waals surface area contributed by atoms with Crippen molar-refractivity contribution in [3.05, 3.63) is 48.0 Å². The van der Waals surface area contributed by atoms with Crippen LogP contribution in [-0.4, -0.2) is 32.1 Å². The third kappa shape index (κ3) is 2.71. The molecule has 1 atom stereocenters. The molecule has 2 aromatic carbocycles. The van der Waals surface area contributed by atoms with E-state index in [2.05, 4.69) is 66.7 Å². The van der Waals surface area contributed by atoms with E-state index in [9.17, 15) is 0 Å². The molecule has 0 aliphatic rings. The van der Waals surface area contributed by atoms with Crippen LogP contribution in [0.15, 0.2) is 42.5 Å². The molecule has 96 valence electrons. The number of rotatable bonds is 5. The lowest BCUT2D eigenvalue weighted by molar-refractivity contribution is 0.312. The molecule has 2 nitrogen and oxygen atoms in total. The number of hydrogen-bond acceptors (Lipinski definition) is 2. The Balaban J connectivity index is 2.38. The van der Waals surface area contributed by atoms with E-state index in [0.717, 1.165) is 13.1 Å². The van der Waals surface area contributed by atoms with Gasteiger partial charge in [0.15, 0.2) is 0 Å². The van der Waals surface area contributed by atoms with E-state index in [4.69, 9.17) is 0 Å². The summed E-state index contributed by atoms with van der Waals surface area (Å²) in [6, 6.07) is 15.5. The fourth-order valence-corrected chi connectivity index (χ4v) is 2.34. The Kier molecular flexibility index (Phi) is 4.34. The van der Waals surface area contributed by atoms with Gasteiger partial charge in [0.05, 0.1) is 0 Å². The zero-order valence-corrected chi connectivity index (χ0v) is 11.5. The number of nitrogens with zero attached hydrogens (tertiary/aromatic N) is 1. The Hall–Kier alpha value is -1.38. The van der Waals surface area contributed by atoms with Crippen molar-refractivity contribution in [2.75, 3.05) is 27.2 Å². The van der Waals surface area contributed by atoms with Crippen molar-refractivity contribution in [2.45, 2.75) is 13.0 Å². The van der Waals surface area contributed by atoms with E-state index in [-0.39, 0.29) is 0 Å². The molecule has 0 spiro atoms. The molecule has 1 N–H and O–H groups in total. The second kappa shape index (κ2) is 5.98. The summed E-state index contributed by atoms with van der Waals surface area (Å²) in [5, 5.41) is 6.10. The Morgan fingerprint density at radius 3 is 2.56 bits per heavy atom. The SMILES string of the molecule is CCN(C)CC(NC)c1cccc2ccccc12. The number of benzene rings is 2. The van der Waals surface area contributed by atoms with Crippen molar-refractivity contribution < 1.29 is 0 Å². The van der Waals surface area contributed by atoms with Crippen molar-refractivity contribution in [1.82, 2.24) is 10.2 Å². The lowest BCUT2D eigenvalue weighted by atomic mass is 9.98. The molecule has 0 aliphatic heterocycles. The van der Waals surface area contributed by atoms with Gasteiger partial charge in [-0.15, -0.1) is 0 Å². The first kappa shape index (κ1) is 13.1. The van der Waals surface area contributed by atoms with Crippen LogP contribution in [-0.2, 0) is 0 Å². The summed E-state index contributed by atoms with van der Waals surface area (Å²) in [6.07, 6.45) is 0. The Morgan fingerprint density at radius 2 is 1.83 bits per heavy atom. The van der Waals surface area contributed by atoms with Crippen molar-refractivity contribution in [3.63, 3.8) is 0 Å². The molecule has 0 fully saturated rings. The van der Waals surface area contributed by atoms with Crippen molar-refractivity contribution in [3.8, 4) is 0 Å². The molecule has 18 heavy (non-hydrogen) atoms. The van der Waals surface area contributed by atoms with Gasteiger partial charge in [-0.1, -0.05) is 49.4 Å². The second-order valence-corrected chi connectivity index (χ2v) is 4.76. The topological polar surface area (TPSA) is 15.3 Å². The van der Waals surface area contributed by atoms with Crippen LogP contribution in [0.3, 0.4) is 0 Å². The highest BCUT2D eigenvalue weighted by Crippen LogP contribution is 2.24. The summed E-state index contributed by atoms with van der Waals surface area (Å²) in [5.41, 5.74) is 1.39. The van der Waals surface area contributed by atoms with Gasteiger partial charge in [0.25, 0.3) is 0 Å². The summed E-state index contributed by atoms with van der Waals surface area (Å²) in [7, 11) is 4.20.